The van der Waals surface area contributed by atoms with Gasteiger partial charge in [-0.3, -0.25) is 9.89 Å². The Kier molecular flexibility index (Phi) is 10.1. The number of piperidine rings is 1. The molecule has 3 unspecified atom stereocenters. The highest BCUT2D eigenvalue weighted by molar-refractivity contribution is 14.0. The fourth-order valence-corrected chi connectivity index (χ4v) is 5.51. The predicted octanol–water partition coefficient (Wildman–Crippen LogP) is 3.13. The molecule has 0 bridgehead atoms. The van der Waals surface area contributed by atoms with Gasteiger partial charge in [-0.1, -0.05) is 44.2 Å². The van der Waals surface area contributed by atoms with Crippen LogP contribution in [0.1, 0.15) is 32.3 Å². The van der Waals surface area contributed by atoms with Crippen molar-refractivity contribution in [1.29, 1.82) is 0 Å². The van der Waals surface area contributed by atoms with Crippen LogP contribution in [-0.2, 0) is 11.3 Å². The highest BCUT2D eigenvalue weighted by Crippen LogP contribution is 2.25. The van der Waals surface area contributed by atoms with Crippen molar-refractivity contribution in [3.63, 3.8) is 0 Å². The maximum absolute atomic E-state index is 6.17. The van der Waals surface area contributed by atoms with Crippen molar-refractivity contribution in [2.75, 3.05) is 59.5 Å². The number of guanidine groups is 1. The van der Waals surface area contributed by atoms with Crippen LogP contribution < -0.4 is 5.32 Å². The highest BCUT2D eigenvalue weighted by atomic mass is 127. The lowest BCUT2D eigenvalue weighted by Crippen LogP contribution is -2.50. The van der Waals surface area contributed by atoms with E-state index in [1.54, 1.807) is 0 Å². The summed E-state index contributed by atoms with van der Waals surface area (Å²) in [6, 6.07) is 11.2. The average molecular weight is 556 g/mol. The summed E-state index contributed by atoms with van der Waals surface area (Å²) in [5.41, 5.74) is 1.38. The third-order valence-electron chi connectivity index (χ3n) is 6.93. The molecule has 4 rings (SSSR count). The molecule has 6 nitrogen and oxygen atoms in total. The van der Waals surface area contributed by atoms with Crippen molar-refractivity contribution in [1.82, 2.24) is 20.0 Å². The zero-order valence-corrected chi connectivity index (χ0v) is 22.4. The molecule has 0 aromatic heterocycles. The van der Waals surface area contributed by atoms with E-state index in [-0.39, 0.29) is 30.1 Å². The van der Waals surface area contributed by atoms with E-state index in [0.29, 0.717) is 12.0 Å². The SMILES string of the molecule is CN=C(NCC1CCCN(CC(C)C)C1)N1CC2OCCN(Cc3ccccc3)C2C1.I. The van der Waals surface area contributed by atoms with E-state index in [1.165, 1.54) is 38.0 Å². The van der Waals surface area contributed by atoms with Crippen LogP contribution in [0.25, 0.3) is 0 Å². The standard InChI is InChI=1S/C25H41N5O.HI/c1-20(2)15-28-11-7-10-22(16-28)14-27-25(26-3)30-18-23-24(19-30)31-13-12-29(23)17-21-8-5-4-6-9-21;/h4-6,8-9,20,22-24H,7,10-19H2,1-3H3,(H,26,27);1H. The summed E-state index contributed by atoms with van der Waals surface area (Å²) in [7, 11) is 1.92. The largest absolute Gasteiger partial charge is 0.373 e. The van der Waals surface area contributed by atoms with Crippen molar-refractivity contribution in [2.24, 2.45) is 16.8 Å². The van der Waals surface area contributed by atoms with Gasteiger partial charge in [0.15, 0.2) is 5.96 Å². The molecule has 1 aromatic carbocycles. The third-order valence-corrected chi connectivity index (χ3v) is 6.93. The van der Waals surface area contributed by atoms with Crippen LogP contribution in [0.4, 0.5) is 0 Å². The number of hydrogen-bond donors (Lipinski definition) is 1. The maximum atomic E-state index is 6.17. The normalized spacial score (nSPS) is 27.3. The number of fused-ring (bicyclic) bond motifs is 1. The lowest BCUT2D eigenvalue weighted by molar-refractivity contribution is -0.0502. The minimum Gasteiger partial charge on any atom is -0.373 e. The van der Waals surface area contributed by atoms with Crippen LogP contribution in [0, 0.1) is 11.8 Å². The molecular formula is C25H42IN5O. The number of likely N-dealkylation sites (tertiary alicyclic amines) is 2. The monoisotopic (exact) mass is 555 g/mol. The molecule has 1 N–H and O–H groups in total. The lowest BCUT2D eigenvalue weighted by atomic mass is 9.97. The molecule has 3 saturated heterocycles. The molecule has 0 radical (unpaired) electrons. The number of aliphatic imine (C=N–C) groups is 1. The smallest absolute Gasteiger partial charge is 0.193 e. The van der Waals surface area contributed by atoms with Crippen LogP contribution in [0.2, 0.25) is 0 Å². The first-order chi connectivity index (χ1) is 15.1. The summed E-state index contributed by atoms with van der Waals surface area (Å²) < 4.78 is 6.17. The number of ether oxygens (including phenoxy) is 1. The number of nitrogens with one attached hydrogen (secondary N) is 1. The Labute approximate surface area is 211 Å². The molecule has 7 heteroatoms. The highest BCUT2D eigenvalue weighted by Gasteiger charge is 2.41. The van der Waals surface area contributed by atoms with Gasteiger partial charge in [-0.2, -0.15) is 0 Å². The van der Waals surface area contributed by atoms with Gasteiger partial charge in [-0.15, -0.1) is 24.0 Å². The second-order valence-corrected chi connectivity index (χ2v) is 9.93. The zero-order chi connectivity index (χ0) is 21.6. The molecule has 0 amide bonds. The molecule has 3 aliphatic rings. The zero-order valence-electron chi connectivity index (χ0n) is 20.1. The van der Waals surface area contributed by atoms with E-state index in [1.807, 2.05) is 7.05 Å². The van der Waals surface area contributed by atoms with Crippen LogP contribution >= 0.6 is 24.0 Å². The first kappa shape index (κ1) is 25.7. The molecule has 3 fully saturated rings. The van der Waals surface area contributed by atoms with Gasteiger partial charge >= 0.3 is 0 Å². The molecule has 3 aliphatic heterocycles. The summed E-state index contributed by atoms with van der Waals surface area (Å²) in [6.45, 7) is 14.1. The fraction of sp³-hybridized carbons (Fsp3) is 0.720. The Morgan fingerprint density at radius 1 is 1.16 bits per heavy atom. The Morgan fingerprint density at radius 2 is 1.97 bits per heavy atom. The average Bonchev–Trinajstić information content (AvgIpc) is 3.20. The van der Waals surface area contributed by atoms with Gasteiger partial charge in [-0.25, -0.2) is 0 Å². The first-order valence-corrected chi connectivity index (χ1v) is 12.2. The van der Waals surface area contributed by atoms with E-state index >= 15 is 0 Å². The van der Waals surface area contributed by atoms with Gasteiger partial charge < -0.3 is 19.9 Å². The van der Waals surface area contributed by atoms with Crippen molar-refractivity contribution in [2.45, 2.75) is 45.4 Å². The van der Waals surface area contributed by atoms with Crippen molar-refractivity contribution < 1.29 is 4.74 Å². The lowest BCUT2D eigenvalue weighted by Gasteiger charge is -2.36. The van der Waals surface area contributed by atoms with E-state index < -0.39 is 0 Å². The molecule has 32 heavy (non-hydrogen) atoms. The van der Waals surface area contributed by atoms with Crippen LogP contribution in [0.15, 0.2) is 35.3 Å². The summed E-state index contributed by atoms with van der Waals surface area (Å²) in [4.78, 5) is 12.3. The Balaban J connectivity index is 0.00000289. The molecular weight excluding hydrogens is 513 g/mol. The topological polar surface area (TPSA) is 43.3 Å². The number of rotatable bonds is 6. The number of hydrogen-bond acceptors (Lipinski definition) is 4. The summed E-state index contributed by atoms with van der Waals surface area (Å²) in [5.74, 6) is 2.49. The van der Waals surface area contributed by atoms with E-state index in [0.717, 1.165) is 51.2 Å². The minimum atomic E-state index is 0. The summed E-state index contributed by atoms with van der Waals surface area (Å²) in [6.07, 6.45) is 2.90. The predicted molar refractivity (Wildman–Crippen MR) is 143 cm³/mol. The number of halogens is 1. The van der Waals surface area contributed by atoms with Crippen LogP contribution in [0.3, 0.4) is 0 Å². The van der Waals surface area contributed by atoms with Crippen LogP contribution in [0.5, 0.6) is 0 Å². The van der Waals surface area contributed by atoms with Gasteiger partial charge in [0, 0.05) is 52.9 Å². The van der Waals surface area contributed by atoms with Crippen molar-refractivity contribution >= 4 is 29.9 Å². The molecule has 0 saturated carbocycles. The van der Waals surface area contributed by atoms with E-state index in [4.69, 9.17) is 4.74 Å². The summed E-state index contributed by atoms with van der Waals surface area (Å²) >= 11 is 0. The third kappa shape index (κ3) is 6.81. The molecule has 1 aromatic rings. The molecule has 0 aliphatic carbocycles. The number of benzene rings is 1. The van der Waals surface area contributed by atoms with Gasteiger partial charge in [0.1, 0.15) is 0 Å². The second kappa shape index (κ2) is 12.5. The second-order valence-electron chi connectivity index (χ2n) is 9.93. The quantitative estimate of drug-likeness (QED) is 0.332. The number of nitrogens with zero attached hydrogens (tertiary/aromatic N) is 4. The molecule has 3 heterocycles. The summed E-state index contributed by atoms with van der Waals surface area (Å²) in [5, 5.41) is 3.70. The molecule has 0 spiro atoms. The van der Waals surface area contributed by atoms with Gasteiger partial charge in [0.05, 0.1) is 18.8 Å². The Morgan fingerprint density at radius 3 is 2.72 bits per heavy atom. The maximum Gasteiger partial charge on any atom is 0.193 e. The van der Waals surface area contributed by atoms with Gasteiger partial charge in [0.25, 0.3) is 0 Å². The van der Waals surface area contributed by atoms with Gasteiger partial charge in [-0.05, 0) is 36.8 Å². The van der Waals surface area contributed by atoms with Crippen molar-refractivity contribution in [3.8, 4) is 0 Å². The van der Waals surface area contributed by atoms with E-state index in [2.05, 4.69) is 69.2 Å². The molecule has 180 valence electrons. The first-order valence-electron chi connectivity index (χ1n) is 12.2. The Bertz CT molecular complexity index is 716. The number of morpholine rings is 1. The molecule has 3 atom stereocenters. The van der Waals surface area contributed by atoms with Gasteiger partial charge in [0.2, 0.25) is 0 Å². The fourth-order valence-electron chi connectivity index (χ4n) is 5.51. The van der Waals surface area contributed by atoms with Crippen molar-refractivity contribution in [3.05, 3.63) is 35.9 Å². The van der Waals surface area contributed by atoms with E-state index in [9.17, 15) is 0 Å². The van der Waals surface area contributed by atoms with Crippen LogP contribution in [-0.4, -0.2) is 92.3 Å². The Hall–Kier alpha value is -0.900. The minimum absolute atomic E-state index is 0.